The van der Waals surface area contributed by atoms with Crippen LogP contribution in [-0.2, 0) is 0 Å². The summed E-state index contributed by atoms with van der Waals surface area (Å²) in [6.45, 7) is 11.4. The number of hydrogen-bond donors (Lipinski definition) is 2. The van der Waals surface area contributed by atoms with Crippen molar-refractivity contribution in [3.63, 3.8) is 0 Å². The lowest BCUT2D eigenvalue weighted by Crippen LogP contribution is -2.49. The summed E-state index contributed by atoms with van der Waals surface area (Å²) in [5, 5.41) is 12.9. The van der Waals surface area contributed by atoms with E-state index >= 15 is 0 Å². The van der Waals surface area contributed by atoms with Gasteiger partial charge in [-0.05, 0) is 37.6 Å². The molecule has 1 atom stereocenters. The van der Waals surface area contributed by atoms with Gasteiger partial charge in [-0.15, -0.1) is 0 Å². The topological polar surface area (TPSA) is 35.5 Å². The second-order valence-corrected chi connectivity index (χ2v) is 6.52. The van der Waals surface area contributed by atoms with Gasteiger partial charge in [0.05, 0.1) is 6.61 Å². The standard InChI is InChI=1S/C16H34N2O/c1-4-9-16(3,13-17-10-5-2)14-18(11-12-19)15-7-6-8-15/h15,17,19H,4-14H2,1-3H3. The molecule has 114 valence electrons. The summed E-state index contributed by atoms with van der Waals surface area (Å²) < 4.78 is 0. The Morgan fingerprint density at radius 2 is 2.00 bits per heavy atom. The van der Waals surface area contributed by atoms with Gasteiger partial charge in [0, 0.05) is 25.7 Å². The third-order valence-corrected chi connectivity index (χ3v) is 4.40. The van der Waals surface area contributed by atoms with E-state index < -0.39 is 0 Å². The molecule has 19 heavy (non-hydrogen) atoms. The minimum atomic E-state index is 0.293. The lowest BCUT2D eigenvalue weighted by Gasteiger charge is -2.43. The molecule has 0 amide bonds. The highest BCUT2D eigenvalue weighted by Gasteiger charge is 2.31. The molecule has 1 unspecified atom stereocenters. The molecule has 1 rings (SSSR count). The van der Waals surface area contributed by atoms with Crippen molar-refractivity contribution >= 4 is 0 Å². The van der Waals surface area contributed by atoms with Gasteiger partial charge in [-0.1, -0.05) is 33.6 Å². The van der Waals surface area contributed by atoms with Gasteiger partial charge in [0.1, 0.15) is 0 Å². The Morgan fingerprint density at radius 3 is 2.47 bits per heavy atom. The highest BCUT2D eigenvalue weighted by molar-refractivity contribution is 4.87. The van der Waals surface area contributed by atoms with Gasteiger partial charge in [0.25, 0.3) is 0 Å². The van der Waals surface area contributed by atoms with Crippen LogP contribution in [0.5, 0.6) is 0 Å². The fourth-order valence-corrected chi connectivity index (χ4v) is 3.16. The maximum absolute atomic E-state index is 9.29. The molecular weight excluding hydrogens is 236 g/mol. The Bertz CT molecular complexity index is 231. The molecule has 0 aromatic heterocycles. The first-order valence-corrected chi connectivity index (χ1v) is 8.21. The van der Waals surface area contributed by atoms with Crippen molar-refractivity contribution in [2.45, 2.75) is 65.3 Å². The second-order valence-electron chi connectivity index (χ2n) is 6.52. The molecule has 3 nitrogen and oxygen atoms in total. The third kappa shape index (κ3) is 5.80. The van der Waals surface area contributed by atoms with Crippen LogP contribution >= 0.6 is 0 Å². The first-order valence-electron chi connectivity index (χ1n) is 8.21. The number of nitrogens with one attached hydrogen (secondary N) is 1. The zero-order chi connectivity index (χ0) is 14.1. The van der Waals surface area contributed by atoms with Crippen molar-refractivity contribution in [1.82, 2.24) is 10.2 Å². The van der Waals surface area contributed by atoms with Crippen LogP contribution in [0.15, 0.2) is 0 Å². The summed E-state index contributed by atoms with van der Waals surface area (Å²) >= 11 is 0. The smallest absolute Gasteiger partial charge is 0.0558 e. The van der Waals surface area contributed by atoms with Crippen LogP contribution in [0.3, 0.4) is 0 Å². The minimum absolute atomic E-state index is 0.293. The van der Waals surface area contributed by atoms with Gasteiger partial charge in [0.15, 0.2) is 0 Å². The quantitative estimate of drug-likeness (QED) is 0.567. The molecule has 0 saturated heterocycles. The molecule has 2 N–H and O–H groups in total. The summed E-state index contributed by atoms with van der Waals surface area (Å²) in [5.74, 6) is 0. The van der Waals surface area contributed by atoms with E-state index in [1.165, 1.54) is 38.5 Å². The lowest BCUT2D eigenvalue weighted by atomic mass is 9.82. The van der Waals surface area contributed by atoms with E-state index in [0.29, 0.717) is 12.0 Å². The zero-order valence-electron chi connectivity index (χ0n) is 13.2. The van der Waals surface area contributed by atoms with Crippen LogP contribution in [0.25, 0.3) is 0 Å². The zero-order valence-corrected chi connectivity index (χ0v) is 13.2. The van der Waals surface area contributed by atoms with Crippen molar-refractivity contribution in [3.05, 3.63) is 0 Å². The minimum Gasteiger partial charge on any atom is -0.395 e. The van der Waals surface area contributed by atoms with Gasteiger partial charge < -0.3 is 10.4 Å². The monoisotopic (exact) mass is 270 g/mol. The summed E-state index contributed by atoms with van der Waals surface area (Å²) in [6.07, 6.45) is 7.71. The Kier molecular flexibility index (Phi) is 7.96. The molecule has 1 aliphatic rings. The Morgan fingerprint density at radius 1 is 1.26 bits per heavy atom. The maximum atomic E-state index is 9.29. The number of nitrogens with zero attached hydrogens (tertiary/aromatic N) is 1. The number of rotatable bonds is 11. The number of aliphatic hydroxyl groups is 1. The van der Waals surface area contributed by atoms with Crippen LogP contribution in [-0.4, -0.2) is 48.8 Å². The van der Waals surface area contributed by atoms with Crippen LogP contribution in [0.1, 0.15) is 59.3 Å². The Balaban J connectivity index is 2.51. The normalized spacial score (nSPS) is 19.4. The number of aliphatic hydroxyl groups excluding tert-OH is 1. The van der Waals surface area contributed by atoms with Crippen LogP contribution in [0.2, 0.25) is 0 Å². The SMILES string of the molecule is CCCNCC(C)(CCC)CN(CCO)C1CCC1. The van der Waals surface area contributed by atoms with Gasteiger partial charge in [-0.25, -0.2) is 0 Å². The van der Waals surface area contributed by atoms with E-state index in [-0.39, 0.29) is 0 Å². The van der Waals surface area contributed by atoms with E-state index in [9.17, 15) is 5.11 Å². The summed E-state index contributed by atoms with van der Waals surface area (Å²) in [6, 6.07) is 0.731. The molecule has 0 radical (unpaired) electrons. The molecule has 0 aliphatic heterocycles. The van der Waals surface area contributed by atoms with Crippen molar-refractivity contribution < 1.29 is 5.11 Å². The van der Waals surface area contributed by atoms with Crippen molar-refractivity contribution in [2.75, 3.05) is 32.8 Å². The van der Waals surface area contributed by atoms with Gasteiger partial charge >= 0.3 is 0 Å². The molecule has 0 bridgehead atoms. The summed E-state index contributed by atoms with van der Waals surface area (Å²) in [5.41, 5.74) is 0.342. The lowest BCUT2D eigenvalue weighted by molar-refractivity contribution is 0.0547. The molecule has 0 aromatic rings. The molecular formula is C16H34N2O. The van der Waals surface area contributed by atoms with Crippen LogP contribution in [0, 0.1) is 5.41 Å². The molecule has 0 spiro atoms. The van der Waals surface area contributed by atoms with Crippen molar-refractivity contribution in [3.8, 4) is 0 Å². The van der Waals surface area contributed by atoms with Gasteiger partial charge in [-0.3, -0.25) is 4.90 Å². The molecule has 3 heteroatoms. The average Bonchev–Trinajstić information content (AvgIpc) is 2.27. The van der Waals surface area contributed by atoms with Crippen molar-refractivity contribution in [1.29, 1.82) is 0 Å². The summed E-state index contributed by atoms with van der Waals surface area (Å²) in [4.78, 5) is 2.53. The first kappa shape index (κ1) is 16.9. The molecule has 1 aliphatic carbocycles. The molecule has 1 fully saturated rings. The molecule has 1 saturated carbocycles. The van der Waals surface area contributed by atoms with Gasteiger partial charge in [0.2, 0.25) is 0 Å². The second kappa shape index (κ2) is 8.93. The Labute approximate surface area is 119 Å². The van der Waals surface area contributed by atoms with E-state index in [0.717, 1.165) is 32.2 Å². The number of hydrogen-bond acceptors (Lipinski definition) is 3. The van der Waals surface area contributed by atoms with Gasteiger partial charge in [-0.2, -0.15) is 0 Å². The van der Waals surface area contributed by atoms with E-state index in [2.05, 4.69) is 31.0 Å². The largest absolute Gasteiger partial charge is 0.395 e. The van der Waals surface area contributed by atoms with E-state index in [1.807, 2.05) is 0 Å². The molecule has 0 aromatic carbocycles. The predicted molar refractivity (Wildman–Crippen MR) is 82.5 cm³/mol. The highest BCUT2D eigenvalue weighted by Crippen LogP contribution is 2.30. The fraction of sp³-hybridized carbons (Fsp3) is 1.00. The fourth-order valence-electron chi connectivity index (χ4n) is 3.16. The summed E-state index contributed by atoms with van der Waals surface area (Å²) in [7, 11) is 0. The first-order chi connectivity index (χ1) is 9.15. The maximum Gasteiger partial charge on any atom is 0.0558 e. The average molecular weight is 270 g/mol. The van der Waals surface area contributed by atoms with Crippen molar-refractivity contribution in [2.24, 2.45) is 5.41 Å². The van der Waals surface area contributed by atoms with E-state index in [4.69, 9.17) is 0 Å². The predicted octanol–water partition coefficient (Wildman–Crippen LogP) is 2.64. The van der Waals surface area contributed by atoms with Crippen LogP contribution < -0.4 is 5.32 Å². The third-order valence-electron chi connectivity index (χ3n) is 4.40. The van der Waals surface area contributed by atoms with E-state index in [1.54, 1.807) is 0 Å². The van der Waals surface area contributed by atoms with Crippen LogP contribution in [0.4, 0.5) is 0 Å². The Hall–Kier alpha value is -0.120. The highest BCUT2D eigenvalue weighted by atomic mass is 16.3. The molecule has 0 heterocycles.